The molecule has 2 fully saturated rings. The van der Waals surface area contributed by atoms with Gasteiger partial charge in [-0.3, -0.25) is 9.13 Å². The molecule has 2 amide bonds. The lowest BCUT2D eigenvalue weighted by Gasteiger charge is -2.35. The van der Waals surface area contributed by atoms with Gasteiger partial charge in [0.1, 0.15) is 11.2 Å². The molecule has 0 N–H and O–H groups in total. The number of hydrogen-bond acceptors (Lipinski definition) is 6. The van der Waals surface area contributed by atoms with Crippen molar-refractivity contribution in [3.05, 3.63) is 60.7 Å². The van der Waals surface area contributed by atoms with Crippen molar-refractivity contribution in [2.24, 2.45) is 11.8 Å². The minimum absolute atomic E-state index is 0.161. The molecule has 2 aromatic carbocycles. The Labute approximate surface area is 239 Å². The van der Waals surface area contributed by atoms with Crippen molar-refractivity contribution >= 4 is 37.4 Å². The zero-order valence-electron chi connectivity index (χ0n) is 25.3. The highest BCUT2D eigenvalue weighted by Crippen LogP contribution is 2.54. The van der Waals surface area contributed by atoms with Gasteiger partial charge in [0.15, 0.2) is 0 Å². The second-order valence-corrected chi connectivity index (χ2v) is 17.9. The highest BCUT2D eigenvalue weighted by Gasteiger charge is 2.55. The minimum atomic E-state index is -2.98. The fourth-order valence-corrected chi connectivity index (χ4v) is 10.8. The number of amides is 2. The summed E-state index contributed by atoms with van der Waals surface area (Å²) in [5.41, 5.74) is -1.27. The van der Waals surface area contributed by atoms with Crippen molar-refractivity contribution in [2.75, 3.05) is 13.3 Å². The maximum Gasteiger partial charge on any atom is 0.416 e. The summed E-state index contributed by atoms with van der Waals surface area (Å²) in [5.74, 6) is 0.321. The smallest absolute Gasteiger partial charge is 0.416 e. The van der Waals surface area contributed by atoms with Gasteiger partial charge in [0.25, 0.3) is 0 Å². The predicted octanol–water partition coefficient (Wildman–Crippen LogP) is 6.95. The first-order valence-electron chi connectivity index (χ1n) is 13.7. The molecule has 2 heterocycles. The molecule has 8 nitrogen and oxygen atoms in total. The summed E-state index contributed by atoms with van der Waals surface area (Å²) in [6.45, 7) is 18.9. The molecule has 0 bridgehead atoms. The van der Waals surface area contributed by atoms with Crippen molar-refractivity contribution in [1.82, 2.24) is 9.34 Å². The van der Waals surface area contributed by atoms with Gasteiger partial charge in [0.2, 0.25) is 14.6 Å². The summed E-state index contributed by atoms with van der Waals surface area (Å²) in [6, 6.07) is 17.9. The number of benzene rings is 2. The van der Waals surface area contributed by atoms with E-state index in [0.717, 1.165) is 0 Å². The molecule has 10 heteroatoms. The first kappa shape index (κ1) is 32.0. The molecule has 0 unspecified atom stereocenters. The van der Waals surface area contributed by atoms with Crippen molar-refractivity contribution in [2.45, 2.75) is 78.7 Å². The van der Waals surface area contributed by atoms with E-state index in [4.69, 9.17) is 9.47 Å². The lowest BCUT2D eigenvalue weighted by atomic mass is 9.90. The van der Waals surface area contributed by atoms with Crippen LogP contribution >= 0.6 is 14.6 Å². The summed E-state index contributed by atoms with van der Waals surface area (Å²) in [7, 11) is -5.96. The van der Waals surface area contributed by atoms with Gasteiger partial charge in [0, 0.05) is 23.9 Å². The first-order chi connectivity index (χ1) is 18.4. The van der Waals surface area contributed by atoms with Crippen LogP contribution in [0.4, 0.5) is 9.59 Å². The molecule has 220 valence electrons. The fourth-order valence-electron chi connectivity index (χ4n) is 6.10. The largest absolute Gasteiger partial charge is 0.441 e. The lowest BCUT2D eigenvalue weighted by Crippen LogP contribution is -2.44. The molecule has 2 aliphatic heterocycles. The quantitative estimate of drug-likeness (QED) is 0.338. The molecule has 2 aliphatic rings. The number of ether oxygens (including phenoxy) is 2. The van der Waals surface area contributed by atoms with Gasteiger partial charge in [-0.15, -0.1) is 0 Å². The molecule has 0 radical (unpaired) electrons. The Bertz CT molecular complexity index is 1210. The summed E-state index contributed by atoms with van der Waals surface area (Å²) in [5, 5.41) is 1.36. The van der Waals surface area contributed by atoms with E-state index in [1.807, 2.05) is 91.8 Å². The van der Waals surface area contributed by atoms with Gasteiger partial charge in [-0.25, -0.2) is 18.9 Å². The second kappa shape index (κ2) is 11.4. The average Bonchev–Trinajstić information content (AvgIpc) is 3.27. The molecular formula is C30H44N2O6P2. The molecule has 2 aromatic rings. The normalized spacial score (nSPS) is 24.6. The van der Waals surface area contributed by atoms with E-state index in [2.05, 4.69) is 0 Å². The van der Waals surface area contributed by atoms with Crippen molar-refractivity contribution in [3.8, 4) is 0 Å². The monoisotopic (exact) mass is 590 g/mol. The molecule has 0 saturated carbocycles. The Morgan fingerprint density at radius 2 is 0.900 bits per heavy atom. The van der Waals surface area contributed by atoms with E-state index in [-0.39, 0.29) is 23.9 Å². The zero-order valence-corrected chi connectivity index (χ0v) is 27.1. The Kier molecular flexibility index (Phi) is 9.09. The van der Waals surface area contributed by atoms with Crippen LogP contribution in [0.5, 0.6) is 0 Å². The van der Waals surface area contributed by atoms with Crippen LogP contribution in [0.15, 0.2) is 60.7 Å². The molecule has 4 rings (SSSR count). The van der Waals surface area contributed by atoms with Crippen molar-refractivity contribution < 1.29 is 28.2 Å². The van der Waals surface area contributed by atoms with Crippen LogP contribution in [0.2, 0.25) is 0 Å². The SMILES string of the molecule is CC(C)[C@@H]1N([P@](C)(=O)c2ccccc2)C(=O)OC1(C)C.CC(C)[C@@H]1N([P@](C)(=O)c2ccccc2)C(=O)OC1(C)C. The summed E-state index contributed by atoms with van der Waals surface area (Å²) in [4.78, 5) is 24.5. The average molecular weight is 591 g/mol. The standard InChI is InChI=1S/2C15H22NO3P/c2*1-11(2)13-15(3,4)19-14(17)16(13)20(5,18)12-9-7-6-8-10-12/h2*6-11,13H,1-5H3/t2*13-,20+/m00/s1. The second-order valence-electron chi connectivity index (χ2n) is 12.4. The molecular weight excluding hydrogens is 546 g/mol. The molecule has 4 atom stereocenters. The first-order valence-corrected chi connectivity index (χ1v) is 17.9. The lowest BCUT2D eigenvalue weighted by molar-refractivity contribution is 0.0565. The van der Waals surface area contributed by atoms with Crippen LogP contribution < -0.4 is 10.6 Å². The van der Waals surface area contributed by atoms with E-state index >= 15 is 0 Å². The summed E-state index contributed by atoms with van der Waals surface area (Å²) in [6.07, 6.45) is -0.966. The van der Waals surface area contributed by atoms with E-state index in [9.17, 15) is 18.7 Å². The van der Waals surface area contributed by atoms with Crippen molar-refractivity contribution in [3.63, 3.8) is 0 Å². The maximum atomic E-state index is 13.3. The summed E-state index contributed by atoms with van der Waals surface area (Å²) >= 11 is 0. The van der Waals surface area contributed by atoms with Gasteiger partial charge in [-0.2, -0.15) is 0 Å². The number of nitrogens with zero attached hydrogens (tertiary/aromatic N) is 2. The number of carbonyl (C=O) groups is 2. The number of cyclic esters (lactones) is 2. The van der Waals surface area contributed by atoms with Crippen LogP contribution in [-0.4, -0.2) is 58.1 Å². The third-order valence-electron chi connectivity index (χ3n) is 7.58. The minimum Gasteiger partial charge on any atom is -0.441 e. The maximum absolute atomic E-state index is 13.3. The molecule has 40 heavy (non-hydrogen) atoms. The highest BCUT2D eigenvalue weighted by molar-refractivity contribution is 7.69. The van der Waals surface area contributed by atoms with Gasteiger partial charge in [-0.1, -0.05) is 64.1 Å². The Morgan fingerprint density at radius 3 is 1.15 bits per heavy atom. The zero-order chi connectivity index (χ0) is 30.3. The highest BCUT2D eigenvalue weighted by atomic mass is 31.2. The van der Waals surface area contributed by atoms with Gasteiger partial charge in [0.05, 0.1) is 12.1 Å². The van der Waals surface area contributed by atoms with Gasteiger partial charge < -0.3 is 9.47 Å². The third kappa shape index (κ3) is 6.04. The van der Waals surface area contributed by atoms with Crippen LogP contribution in [0.1, 0.15) is 55.4 Å². The number of hydrogen-bond donors (Lipinski definition) is 0. The third-order valence-corrected chi connectivity index (χ3v) is 12.6. The van der Waals surface area contributed by atoms with Crippen LogP contribution in [0.3, 0.4) is 0 Å². The van der Waals surface area contributed by atoms with Crippen LogP contribution in [0, 0.1) is 11.8 Å². The topological polar surface area (TPSA) is 93.2 Å². The summed E-state index contributed by atoms with van der Waals surface area (Å²) < 4.78 is 40.4. The van der Waals surface area contributed by atoms with E-state index in [1.54, 1.807) is 37.6 Å². The number of rotatable bonds is 6. The van der Waals surface area contributed by atoms with Gasteiger partial charge in [-0.05, 0) is 63.8 Å². The van der Waals surface area contributed by atoms with E-state index < -0.39 is 38.0 Å². The van der Waals surface area contributed by atoms with Gasteiger partial charge >= 0.3 is 12.2 Å². The van der Waals surface area contributed by atoms with E-state index in [1.165, 1.54) is 9.34 Å². The Hall–Kier alpha value is -2.56. The predicted molar refractivity (Wildman–Crippen MR) is 161 cm³/mol. The Balaban J connectivity index is 0.000000220. The Morgan fingerprint density at radius 1 is 0.625 bits per heavy atom. The number of carbonyl (C=O) groups excluding carboxylic acids is 2. The molecule has 2 saturated heterocycles. The fraction of sp³-hybridized carbons (Fsp3) is 0.533. The van der Waals surface area contributed by atoms with Crippen LogP contribution in [-0.2, 0) is 18.6 Å². The molecule has 0 aromatic heterocycles. The van der Waals surface area contributed by atoms with E-state index in [0.29, 0.717) is 10.6 Å². The molecule has 0 spiro atoms. The van der Waals surface area contributed by atoms with Crippen molar-refractivity contribution in [1.29, 1.82) is 0 Å². The molecule has 0 aliphatic carbocycles. The van der Waals surface area contributed by atoms with Crippen LogP contribution in [0.25, 0.3) is 0 Å².